The van der Waals surface area contributed by atoms with Gasteiger partial charge in [-0.05, 0) is 12.3 Å². The number of imide groups is 1. The van der Waals surface area contributed by atoms with Crippen molar-refractivity contribution in [3.05, 3.63) is 12.7 Å². The number of carbonyl (C=O) groups excluding carboxylic acids is 2. The van der Waals surface area contributed by atoms with Crippen LogP contribution in [0.25, 0.3) is 0 Å². The molecule has 2 N–H and O–H groups in total. The number of nitrogens with one attached hydrogen (secondary N) is 2. The van der Waals surface area contributed by atoms with Crippen molar-refractivity contribution in [1.82, 2.24) is 15.5 Å². The summed E-state index contributed by atoms with van der Waals surface area (Å²) < 4.78 is 5.77. The monoisotopic (exact) mass is 297 g/mol. The second kappa shape index (κ2) is 7.56. The summed E-state index contributed by atoms with van der Waals surface area (Å²) in [4.78, 5) is 25.6. The van der Waals surface area contributed by atoms with Crippen molar-refractivity contribution < 1.29 is 14.3 Å². The van der Waals surface area contributed by atoms with Gasteiger partial charge in [0.25, 0.3) is 0 Å². The third-order valence-corrected chi connectivity index (χ3v) is 3.63. The van der Waals surface area contributed by atoms with Crippen molar-refractivity contribution in [3.8, 4) is 0 Å². The van der Waals surface area contributed by atoms with E-state index in [-0.39, 0.29) is 23.5 Å². The summed E-state index contributed by atoms with van der Waals surface area (Å²) in [5, 5.41) is 4.87. The number of carbonyl (C=O) groups is 2. The van der Waals surface area contributed by atoms with Gasteiger partial charge in [0.15, 0.2) is 0 Å². The molecule has 1 saturated heterocycles. The Bertz CT molecular complexity index is 390. The standard InChI is InChI=1S/C15H27N3O3/c1-6-7-16-14(20)17-13(19)11(2)18-8-9-21-12(10-18)15(3,4)5/h6,11-12H,1,7-10H2,2-5H3,(H2,16,17,19,20)/t11-,12-/m0/s1. The highest BCUT2D eigenvalue weighted by Crippen LogP contribution is 2.26. The lowest BCUT2D eigenvalue weighted by Gasteiger charge is -2.41. The van der Waals surface area contributed by atoms with Crippen LogP contribution in [0.5, 0.6) is 0 Å². The van der Waals surface area contributed by atoms with Crippen molar-refractivity contribution in [3.63, 3.8) is 0 Å². The van der Waals surface area contributed by atoms with E-state index in [0.717, 1.165) is 0 Å². The zero-order valence-corrected chi connectivity index (χ0v) is 13.4. The lowest BCUT2D eigenvalue weighted by atomic mass is 9.88. The summed E-state index contributed by atoms with van der Waals surface area (Å²) in [7, 11) is 0. The van der Waals surface area contributed by atoms with E-state index in [9.17, 15) is 9.59 Å². The van der Waals surface area contributed by atoms with Gasteiger partial charge in [-0.15, -0.1) is 6.58 Å². The number of rotatable bonds is 4. The van der Waals surface area contributed by atoms with Crippen LogP contribution < -0.4 is 10.6 Å². The largest absolute Gasteiger partial charge is 0.375 e. The van der Waals surface area contributed by atoms with Gasteiger partial charge in [-0.25, -0.2) is 4.79 Å². The molecule has 2 atom stereocenters. The van der Waals surface area contributed by atoms with E-state index < -0.39 is 6.03 Å². The summed E-state index contributed by atoms with van der Waals surface area (Å²) in [6, 6.07) is -0.861. The highest BCUT2D eigenvalue weighted by atomic mass is 16.5. The molecule has 0 bridgehead atoms. The summed E-state index contributed by atoms with van der Waals surface area (Å²) in [6.07, 6.45) is 1.64. The fourth-order valence-electron chi connectivity index (χ4n) is 2.14. The molecule has 0 spiro atoms. The van der Waals surface area contributed by atoms with E-state index in [1.807, 2.05) is 0 Å². The quantitative estimate of drug-likeness (QED) is 0.763. The van der Waals surface area contributed by atoms with Crippen LogP contribution in [0.15, 0.2) is 12.7 Å². The Morgan fingerprint density at radius 3 is 2.71 bits per heavy atom. The van der Waals surface area contributed by atoms with Crippen LogP contribution in [0.3, 0.4) is 0 Å². The van der Waals surface area contributed by atoms with Gasteiger partial charge >= 0.3 is 6.03 Å². The average molecular weight is 297 g/mol. The van der Waals surface area contributed by atoms with E-state index in [0.29, 0.717) is 26.2 Å². The van der Waals surface area contributed by atoms with Crippen LogP contribution in [0.1, 0.15) is 27.7 Å². The molecule has 0 radical (unpaired) electrons. The van der Waals surface area contributed by atoms with E-state index in [4.69, 9.17) is 4.74 Å². The minimum absolute atomic E-state index is 0.0240. The van der Waals surface area contributed by atoms with Gasteiger partial charge in [-0.3, -0.25) is 15.0 Å². The molecule has 1 heterocycles. The van der Waals surface area contributed by atoms with Gasteiger partial charge in [0, 0.05) is 19.6 Å². The number of ether oxygens (including phenoxy) is 1. The van der Waals surface area contributed by atoms with E-state index in [1.54, 1.807) is 13.0 Å². The molecule has 6 heteroatoms. The van der Waals surface area contributed by atoms with Gasteiger partial charge < -0.3 is 10.1 Å². The highest BCUT2D eigenvalue weighted by Gasteiger charge is 2.34. The summed E-state index contributed by atoms with van der Waals surface area (Å²) in [5.74, 6) is -0.300. The first kappa shape index (κ1) is 17.7. The molecule has 3 amide bonds. The summed E-state index contributed by atoms with van der Waals surface area (Å²) in [6.45, 7) is 14.0. The minimum atomic E-state index is -0.493. The molecule has 0 saturated carbocycles. The lowest BCUT2D eigenvalue weighted by Crippen LogP contribution is -2.56. The Morgan fingerprint density at radius 1 is 1.48 bits per heavy atom. The van der Waals surface area contributed by atoms with Crippen molar-refractivity contribution in [2.45, 2.75) is 39.8 Å². The van der Waals surface area contributed by atoms with Gasteiger partial charge in [0.2, 0.25) is 5.91 Å². The third-order valence-electron chi connectivity index (χ3n) is 3.63. The van der Waals surface area contributed by atoms with E-state index >= 15 is 0 Å². The zero-order chi connectivity index (χ0) is 16.0. The van der Waals surface area contributed by atoms with E-state index in [2.05, 4.69) is 42.9 Å². The van der Waals surface area contributed by atoms with Crippen LogP contribution in [-0.2, 0) is 9.53 Å². The maximum absolute atomic E-state index is 12.1. The third kappa shape index (κ3) is 5.47. The molecule has 0 unspecified atom stereocenters. The number of nitrogens with zero attached hydrogens (tertiary/aromatic N) is 1. The predicted octanol–water partition coefficient (Wildman–Crippen LogP) is 1.13. The number of hydrogen-bond acceptors (Lipinski definition) is 4. The first-order valence-electron chi connectivity index (χ1n) is 7.31. The topological polar surface area (TPSA) is 70.7 Å². The molecule has 0 aromatic carbocycles. The van der Waals surface area contributed by atoms with Gasteiger partial charge in [-0.1, -0.05) is 26.8 Å². The molecule has 6 nitrogen and oxygen atoms in total. The van der Waals surface area contributed by atoms with Crippen molar-refractivity contribution in [2.75, 3.05) is 26.2 Å². The summed E-state index contributed by atoms with van der Waals surface area (Å²) in [5.41, 5.74) is 0.0240. The van der Waals surface area contributed by atoms with Crippen LogP contribution in [0.4, 0.5) is 4.79 Å². The molecule has 0 aromatic rings. The van der Waals surface area contributed by atoms with Crippen molar-refractivity contribution >= 4 is 11.9 Å². The molecule has 1 aliphatic rings. The molecular weight excluding hydrogens is 270 g/mol. The SMILES string of the molecule is C=CCNC(=O)NC(=O)[C@H](C)N1CCO[C@H](C(C)(C)C)C1. The van der Waals surface area contributed by atoms with Gasteiger partial charge in [0.1, 0.15) is 0 Å². The van der Waals surface area contributed by atoms with Gasteiger partial charge in [-0.2, -0.15) is 0 Å². The first-order valence-corrected chi connectivity index (χ1v) is 7.31. The molecular formula is C15H27N3O3. The van der Waals surface area contributed by atoms with Gasteiger partial charge in [0.05, 0.1) is 18.8 Å². The maximum Gasteiger partial charge on any atom is 0.321 e. The minimum Gasteiger partial charge on any atom is -0.375 e. The highest BCUT2D eigenvalue weighted by molar-refractivity contribution is 5.96. The normalized spacial score (nSPS) is 21.4. The fourth-order valence-corrected chi connectivity index (χ4v) is 2.14. The Hall–Kier alpha value is -1.40. The number of morpholine rings is 1. The predicted molar refractivity (Wildman–Crippen MR) is 82.0 cm³/mol. The molecule has 1 aliphatic heterocycles. The van der Waals surface area contributed by atoms with E-state index in [1.165, 1.54) is 0 Å². The molecule has 0 aromatic heterocycles. The van der Waals surface area contributed by atoms with Crippen LogP contribution in [-0.4, -0.2) is 55.2 Å². The Morgan fingerprint density at radius 2 is 2.14 bits per heavy atom. The Kier molecular flexibility index (Phi) is 6.36. The zero-order valence-electron chi connectivity index (χ0n) is 13.4. The fraction of sp³-hybridized carbons (Fsp3) is 0.733. The number of urea groups is 1. The van der Waals surface area contributed by atoms with Crippen LogP contribution >= 0.6 is 0 Å². The Labute approximate surface area is 126 Å². The second-order valence-electron chi connectivity index (χ2n) is 6.38. The molecule has 1 fully saturated rings. The number of amides is 3. The lowest BCUT2D eigenvalue weighted by molar-refractivity contribution is -0.131. The van der Waals surface area contributed by atoms with Crippen molar-refractivity contribution in [2.24, 2.45) is 5.41 Å². The molecule has 120 valence electrons. The van der Waals surface area contributed by atoms with Crippen LogP contribution in [0, 0.1) is 5.41 Å². The smallest absolute Gasteiger partial charge is 0.321 e. The molecule has 0 aliphatic carbocycles. The molecule has 21 heavy (non-hydrogen) atoms. The van der Waals surface area contributed by atoms with Crippen molar-refractivity contribution in [1.29, 1.82) is 0 Å². The molecule has 1 rings (SSSR count). The van der Waals surface area contributed by atoms with Crippen LogP contribution in [0.2, 0.25) is 0 Å². The maximum atomic E-state index is 12.1. The first-order chi connectivity index (χ1) is 9.75. The summed E-state index contributed by atoms with van der Waals surface area (Å²) >= 11 is 0. The Balaban J connectivity index is 2.53. The number of hydrogen-bond donors (Lipinski definition) is 2. The second-order valence-corrected chi connectivity index (χ2v) is 6.38. The average Bonchev–Trinajstić information content (AvgIpc) is 2.43.